The van der Waals surface area contributed by atoms with E-state index >= 15 is 0 Å². The van der Waals surface area contributed by atoms with Crippen molar-refractivity contribution in [1.29, 1.82) is 0 Å². The van der Waals surface area contributed by atoms with Gasteiger partial charge in [-0.1, -0.05) is 0 Å². The van der Waals surface area contributed by atoms with Crippen LogP contribution in [0.3, 0.4) is 0 Å². The van der Waals surface area contributed by atoms with Gasteiger partial charge in [0, 0.05) is 6.04 Å². The Kier molecular flexibility index (Phi) is 2.91. The van der Waals surface area contributed by atoms with Crippen molar-refractivity contribution >= 4 is 0 Å². The van der Waals surface area contributed by atoms with Crippen LogP contribution < -0.4 is 5.73 Å². The molecule has 0 unspecified atom stereocenters. The van der Waals surface area contributed by atoms with Gasteiger partial charge in [0.15, 0.2) is 0 Å². The first-order chi connectivity index (χ1) is 5.93. The summed E-state index contributed by atoms with van der Waals surface area (Å²) in [4.78, 5) is 0. The van der Waals surface area contributed by atoms with E-state index in [-0.39, 0.29) is 6.42 Å². The average molecular weight is 193 g/mol. The summed E-state index contributed by atoms with van der Waals surface area (Å²) in [6, 6.07) is -0.851. The first-order valence-electron chi connectivity index (χ1n) is 4.06. The second-order valence-electron chi connectivity index (χ2n) is 3.51. The molecule has 0 saturated heterocycles. The minimum Gasteiger partial charge on any atom is -0.393 e. The van der Waals surface area contributed by atoms with Gasteiger partial charge in [-0.15, -0.1) is 0 Å². The molecule has 5 atom stereocenters. The summed E-state index contributed by atoms with van der Waals surface area (Å²) in [7, 11) is 0. The maximum Gasteiger partial charge on any atom is 0.143 e. The van der Waals surface area contributed by atoms with Crippen LogP contribution in [0.5, 0.6) is 0 Å². The maximum absolute atomic E-state index is 9.57. The molecule has 0 bridgehead atoms. The summed E-state index contributed by atoms with van der Waals surface area (Å²) in [6.07, 6.45) is -4.25. The molecule has 7 N–H and O–H groups in total. The highest BCUT2D eigenvalue weighted by Gasteiger charge is 2.52. The summed E-state index contributed by atoms with van der Waals surface area (Å²) in [6.45, 7) is -0.847. The first-order valence-corrected chi connectivity index (χ1v) is 4.06. The summed E-state index contributed by atoms with van der Waals surface area (Å²) in [5.41, 5.74) is 3.26. The van der Waals surface area contributed by atoms with Crippen LogP contribution in [0.1, 0.15) is 6.42 Å². The van der Waals surface area contributed by atoms with Crippen LogP contribution in [-0.2, 0) is 0 Å². The first kappa shape index (κ1) is 10.8. The summed E-state index contributed by atoms with van der Waals surface area (Å²) >= 11 is 0. The van der Waals surface area contributed by atoms with E-state index in [9.17, 15) is 20.4 Å². The normalized spacial score (nSPS) is 52.2. The SMILES string of the molecule is N[C@H]1C[C@H](O)[C@H](O)[C@](O)(CO)[C@@H]1O. The van der Waals surface area contributed by atoms with E-state index < -0.39 is 36.6 Å². The van der Waals surface area contributed by atoms with Crippen LogP contribution in [0.4, 0.5) is 0 Å². The fourth-order valence-corrected chi connectivity index (χ4v) is 1.60. The molecule has 1 aliphatic rings. The Morgan fingerprint density at radius 3 is 2.23 bits per heavy atom. The Morgan fingerprint density at radius 1 is 1.23 bits per heavy atom. The van der Waals surface area contributed by atoms with Gasteiger partial charge in [0.25, 0.3) is 0 Å². The van der Waals surface area contributed by atoms with Crippen LogP contribution in [0.2, 0.25) is 0 Å². The molecular weight excluding hydrogens is 178 g/mol. The molecule has 1 fully saturated rings. The van der Waals surface area contributed by atoms with Crippen molar-refractivity contribution in [3.63, 3.8) is 0 Å². The molecule has 1 saturated carbocycles. The number of nitrogens with two attached hydrogens (primary N) is 1. The second-order valence-corrected chi connectivity index (χ2v) is 3.51. The highest BCUT2D eigenvalue weighted by Crippen LogP contribution is 2.28. The van der Waals surface area contributed by atoms with E-state index in [1.54, 1.807) is 0 Å². The van der Waals surface area contributed by atoms with Crippen LogP contribution in [0.15, 0.2) is 0 Å². The van der Waals surface area contributed by atoms with Crippen molar-refractivity contribution in [2.24, 2.45) is 5.73 Å². The molecule has 6 nitrogen and oxygen atoms in total. The third-order valence-corrected chi connectivity index (χ3v) is 2.56. The zero-order valence-electron chi connectivity index (χ0n) is 7.04. The van der Waals surface area contributed by atoms with E-state index in [0.29, 0.717) is 0 Å². The van der Waals surface area contributed by atoms with Crippen molar-refractivity contribution in [2.75, 3.05) is 6.61 Å². The van der Waals surface area contributed by atoms with E-state index in [1.807, 2.05) is 0 Å². The van der Waals surface area contributed by atoms with Crippen LogP contribution >= 0.6 is 0 Å². The van der Waals surface area contributed by atoms with Crippen molar-refractivity contribution in [3.8, 4) is 0 Å². The van der Waals surface area contributed by atoms with Crippen molar-refractivity contribution in [1.82, 2.24) is 0 Å². The predicted molar refractivity (Wildman–Crippen MR) is 42.6 cm³/mol. The molecule has 0 amide bonds. The van der Waals surface area contributed by atoms with Gasteiger partial charge in [0.05, 0.1) is 12.7 Å². The zero-order chi connectivity index (χ0) is 10.2. The lowest BCUT2D eigenvalue weighted by atomic mass is 9.76. The van der Waals surface area contributed by atoms with Gasteiger partial charge in [0.2, 0.25) is 0 Å². The lowest BCUT2D eigenvalue weighted by Crippen LogP contribution is -2.68. The molecule has 0 heterocycles. The van der Waals surface area contributed by atoms with Gasteiger partial charge < -0.3 is 31.3 Å². The van der Waals surface area contributed by atoms with Gasteiger partial charge in [-0.3, -0.25) is 0 Å². The van der Waals surface area contributed by atoms with Gasteiger partial charge >= 0.3 is 0 Å². The van der Waals surface area contributed by atoms with Crippen molar-refractivity contribution in [2.45, 2.75) is 36.4 Å². The van der Waals surface area contributed by atoms with Gasteiger partial charge in [-0.25, -0.2) is 0 Å². The van der Waals surface area contributed by atoms with E-state index in [4.69, 9.17) is 10.8 Å². The molecule has 0 aromatic rings. The standard InChI is InChI=1S/C7H15NO5/c8-3-1-4(10)6(12)7(13,2-9)5(3)11/h3-6,9-13H,1-2,8H2/t3-,4-,5+,6-,7-/m0/s1. The Labute approximate surface area is 75.2 Å². The van der Waals surface area contributed by atoms with E-state index in [1.165, 1.54) is 0 Å². The molecule has 1 aliphatic carbocycles. The number of hydrogen-bond donors (Lipinski definition) is 6. The molecule has 78 valence electrons. The largest absolute Gasteiger partial charge is 0.393 e. The molecule has 0 aromatic heterocycles. The topological polar surface area (TPSA) is 127 Å². The predicted octanol–water partition coefficient (Wildman–Crippen LogP) is -3.48. The number of aliphatic hydroxyl groups is 5. The van der Waals surface area contributed by atoms with Gasteiger partial charge in [-0.05, 0) is 6.42 Å². The van der Waals surface area contributed by atoms with Gasteiger partial charge in [0.1, 0.15) is 17.8 Å². The van der Waals surface area contributed by atoms with Crippen LogP contribution in [-0.4, -0.2) is 62.1 Å². The lowest BCUT2D eigenvalue weighted by Gasteiger charge is -2.44. The number of hydrogen-bond acceptors (Lipinski definition) is 6. The molecule has 0 aliphatic heterocycles. The van der Waals surface area contributed by atoms with E-state index in [2.05, 4.69) is 0 Å². The summed E-state index contributed by atoms with van der Waals surface area (Å²) < 4.78 is 0. The minimum atomic E-state index is -2.13. The Morgan fingerprint density at radius 2 is 1.77 bits per heavy atom. The summed E-state index contributed by atoms with van der Waals surface area (Å²) in [5.74, 6) is 0. The van der Waals surface area contributed by atoms with Crippen LogP contribution in [0.25, 0.3) is 0 Å². The maximum atomic E-state index is 9.57. The smallest absolute Gasteiger partial charge is 0.143 e. The van der Waals surface area contributed by atoms with Crippen LogP contribution in [0, 0.1) is 0 Å². The Balaban J connectivity index is 2.88. The fourth-order valence-electron chi connectivity index (χ4n) is 1.60. The Bertz CT molecular complexity index is 174. The fraction of sp³-hybridized carbons (Fsp3) is 1.00. The molecule has 0 aromatic carbocycles. The number of aliphatic hydroxyl groups excluding tert-OH is 4. The zero-order valence-corrected chi connectivity index (χ0v) is 7.04. The van der Waals surface area contributed by atoms with Gasteiger partial charge in [-0.2, -0.15) is 0 Å². The second kappa shape index (κ2) is 3.49. The minimum absolute atomic E-state index is 0.00928. The third kappa shape index (κ3) is 1.56. The van der Waals surface area contributed by atoms with Crippen molar-refractivity contribution < 1.29 is 25.5 Å². The number of rotatable bonds is 1. The van der Waals surface area contributed by atoms with E-state index in [0.717, 1.165) is 0 Å². The molecule has 6 heteroatoms. The Hall–Kier alpha value is -0.240. The van der Waals surface area contributed by atoms with Crippen molar-refractivity contribution in [3.05, 3.63) is 0 Å². The third-order valence-electron chi connectivity index (χ3n) is 2.56. The average Bonchev–Trinajstić information content (AvgIpc) is 2.12. The lowest BCUT2D eigenvalue weighted by molar-refractivity contribution is -0.222. The quantitative estimate of drug-likeness (QED) is 0.257. The molecule has 13 heavy (non-hydrogen) atoms. The highest BCUT2D eigenvalue weighted by molar-refractivity contribution is 5.05. The molecule has 0 spiro atoms. The summed E-state index contributed by atoms with van der Waals surface area (Å²) in [5, 5.41) is 46.3. The molecular formula is C7H15NO5. The monoisotopic (exact) mass is 193 g/mol. The molecule has 1 rings (SSSR count). The molecule has 0 radical (unpaired) electrons. The highest BCUT2D eigenvalue weighted by atomic mass is 16.4.